The molecule has 3 rings (SSSR count). The zero-order valence-electron chi connectivity index (χ0n) is 14.2. The molecule has 21 heavy (non-hydrogen) atoms. The number of hydrogen-bond acceptors (Lipinski definition) is 2. The van der Waals surface area contributed by atoms with E-state index in [1.165, 1.54) is 32.1 Å². The Morgan fingerprint density at radius 3 is 2.67 bits per heavy atom. The van der Waals surface area contributed by atoms with Crippen molar-refractivity contribution in [3.05, 3.63) is 0 Å². The van der Waals surface area contributed by atoms with Crippen molar-refractivity contribution in [1.82, 2.24) is 0 Å². The highest BCUT2D eigenvalue weighted by atomic mass is 16.6. The van der Waals surface area contributed by atoms with Crippen molar-refractivity contribution in [1.29, 1.82) is 0 Å². The topological polar surface area (TPSA) is 26.3 Å². The molecule has 6 unspecified atom stereocenters. The van der Waals surface area contributed by atoms with Crippen molar-refractivity contribution in [2.45, 2.75) is 78.2 Å². The van der Waals surface area contributed by atoms with Crippen LogP contribution in [0.2, 0.25) is 0 Å². The van der Waals surface area contributed by atoms with Crippen LogP contribution in [0.15, 0.2) is 0 Å². The standard InChI is InChI=1S/C19H32O2/c1-5-13-8-7-9-15-16-10-14(17(13)15)11-19(16,6-2)21-18(20)12(3)4/h12-17H,5-11H2,1-4H3. The number of esters is 1. The monoisotopic (exact) mass is 292 g/mol. The van der Waals surface area contributed by atoms with Crippen LogP contribution in [0.3, 0.4) is 0 Å². The third-order valence-corrected chi connectivity index (χ3v) is 6.95. The van der Waals surface area contributed by atoms with E-state index in [0.29, 0.717) is 5.92 Å². The summed E-state index contributed by atoms with van der Waals surface area (Å²) in [5, 5.41) is 0. The van der Waals surface area contributed by atoms with Gasteiger partial charge in [-0.05, 0) is 49.4 Å². The van der Waals surface area contributed by atoms with Gasteiger partial charge in [0.15, 0.2) is 0 Å². The Labute approximate surface area is 130 Å². The number of fused-ring (bicyclic) bond motifs is 5. The minimum Gasteiger partial charge on any atom is -0.459 e. The molecule has 0 aliphatic heterocycles. The molecule has 120 valence electrons. The summed E-state index contributed by atoms with van der Waals surface area (Å²) >= 11 is 0. The molecule has 0 saturated heterocycles. The Morgan fingerprint density at radius 1 is 1.29 bits per heavy atom. The third kappa shape index (κ3) is 2.33. The van der Waals surface area contributed by atoms with Gasteiger partial charge < -0.3 is 4.74 Å². The Bertz CT molecular complexity index is 402. The highest BCUT2D eigenvalue weighted by molar-refractivity contribution is 5.72. The Hall–Kier alpha value is -0.530. The maximum Gasteiger partial charge on any atom is 0.308 e. The van der Waals surface area contributed by atoms with Gasteiger partial charge in [-0.15, -0.1) is 0 Å². The zero-order valence-corrected chi connectivity index (χ0v) is 14.2. The van der Waals surface area contributed by atoms with Crippen LogP contribution in [0.4, 0.5) is 0 Å². The summed E-state index contributed by atoms with van der Waals surface area (Å²) < 4.78 is 6.12. The Kier molecular flexibility index (Phi) is 4.09. The fraction of sp³-hybridized carbons (Fsp3) is 0.947. The second kappa shape index (κ2) is 5.59. The third-order valence-electron chi connectivity index (χ3n) is 6.95. The molecule has 0 amide bonds. The maximum atomic E-state index is 12.2. The van der Waals surface area contributed by atoms with E-state index < -0.39 is 0 Å². The quantitative estimate of drug-likeness (QED) is 0.695. The van der Waals surface area contributed by atoms with Crippen molar-refractivity contribution in [2.75, 3.05) is 0 Å². The van der Waals surface area contributed by atoms with E-state index in [9.17, 15) is 4.79 Å². The van der Waals surface area contributed by atoms with Gasteiger partial charge in [0.1, 0.15) is 5.60 Å². The first-order valence-electron chi connectivity index (χ1n) is 9.25. The molecule has 0 aromatic rings. The van der Waals surface area contributed by atoms with Crippen LogP contribution in [-0.4, -0.2) is 11.6 Å². The van der Waals surface area contributed by atoms with E-state index in [1.54, 1.807) is 0 Å². The van der Waals surface area contributed by atoms with Crippen molar-refractivity contribution in [2.24, 2.45) is 35.5 Å². The van der Waals surface area contributed by atoms with Crippen LogP contribution in [0.1, 0.15) is 72.6 Å². The number of carbonyl (C=O) groups excluding carboxylic acids is 1. The van der Waals surface area contributed by atoms with Crippen LogP contribution in [-0.2, 0) is 9.53 Å². The van der Waals surface area contributed by atoms with Gasteiger partial charge in [-0.2, -0.15) is 0 Å². The highest BCUT2D eigenvalue weighted by Gasteiger charge is 2.62. The van der Waals surface area contributed by atoms with Crippen molar-refractivity contribution in [3.63, 3.8) is 0 Å². The van der Waals surface area contributed by atoms with Crippen molar-refractivity contribution < 1.29 is 9.53 Å². The molecule has 3 aliphatic rings. The Morgan fingerprint density at radius 2 is 2.05 bits per heavy atom. The molecule has 0 spiro atoms. The van der Waals surface area contributed by atoms with E-state index in [2.05, 4.69) is 13.8 Å². The summed E-state index contributed by atoms with van der Waals surface area (Å²) in [5.41, 5.74) is -0.122. The summed E-state index contributed by atoms with van der Waals surface area (Å²) in [6.45, 7) is 8.50. The average molecular weight is 292 g/mol. The molecule has 2 heteroatoms. The fourth-order valence-corrected chi connectivity index (χ4v) is 6.02. The predicted octanol–water partition coefficient (Wildman–Crippen LogP) is 4.82. The smallest absolute Gasteiger partial charge is 0.308 e. The van der Waals surface area contributed by atoms with Crippen LogP contribution < -0.4 is 0 Å². The lowest BCUT2D eigenvalue weighted by Crippen LogP contribution is -2.48. The average Bonchev–Trinajstić information content (AvgIpc) is 3.03. The van der Waals surface area contributed by atoms with E-state index in [4.69, 9.17) is 4.74 Å². The zero-order chi connectivity index (χ0) is 15.2. The largest absolute Gasteiger partial charge is 0.459 e. The molecule has 0 N–H and O–H groups in total. The summed E-state index contributed by atoms with van der Waals surface area (Å²) in [6, 6.07) is 0. The van der Waals surface area contributed by atoms with E-state index in [0.717, 1.165) is 36.5 Å². The molecule has 2 bridgehead atoms. The summed E-state index contributed by atoms with van der Waals surface area (Å²) in [6.07, 6.45) is 9.02. The second-order valence-corrected chi connectivity index (χ2v) is 8.14. The molecule has 0 aromatic heterocycles. The first-order chi connectivity index (χ1) is 10.0. The van der Waals surface area contributed by atoms with E-state index >= 15 is 0 Å². The summed E-state index contributed by atoms with van der Waals surface area (Å²) in [4.78, 5) is 12.2. The van der Waals surface area contributed by atoms with Crippen LogP contribution in [0.5, 0.6) is 0 Å². The van der Waals surface area contributed by atoms with Crippen LogP contribution >= 0.6 is 0 Å². The minimum atomic E-state index is -0.122. The molecular weight excluding hydrogens is 260 g/mol. The van der Waals surface area contributed by atoms with Gasteiger partial charge in [-0.1, -0.05) is 47.0 Å². The normalized spacial score (nSPS) is 44.9. The lowest BCUT2D eigenvalue weighted by Gasteiger charge is -2.48. The molecule has 3 saturated carbocycles. The summed E-state index contributed by atoms with van der Waals surface area (Å²) in [5.74, 6) is 4.20. The number of carbonyl (C=O) groups is 1. The van der Waals surface area contributed by atoms with Gasteiger partial charge in [-0.3, -0.25) is 4.79 Å². The van der Waals surface area contributed by atoms with Crippen LogP contribution in [0.25, 0.3) is 0 Å². The van der Waals surface area contributed by atoms with Gasteiger partial charge in [-0.25, -0.2) is 0 Å². The molecule has 0 radical (unpaired) electrons. The lowest BCUT2D eigenvalue weighted by molar-refractivity contribution is -0.177. The Balaban J connectivity index is 1.80. The van der Waals surface area contributed by atoms with E-state index in [-0.39, 0.29) is 17.5 Å². The van der Waals surface area contributed by atoms with E-state index in [1.807, 2.05) is 13.8 Å². The van der Waals surface area contributed by atoms with Gasteiger partial charge >= 0.3 is 5.97 Å². The minimum absolute atomic E-state index is 0.00176. The van der Waals surface area contributed by atoms with Gasteiger partial charge in [0.25, 0.3) is 0 Å². The number of rotatable bonds is 4. The predicted molar refractivity (Wildman–Crippen MR) is 84.8 cm³/mol. The fourth-order valence-electron chi connectivity index (χ4n) is 6.02. The lowest BCUT2D eigenvalue weighted by atomic mass is 9.60. The number of ether oxygens (including phenoxy) is 1. The summed E-state index contributed by atoms with van der Waals surface area (Å²) in [7, 11) is 0. The molecule has 2 nitrogen and oxygen atoms in total. The molecule has 0 heterocycles. The van der Waals surface area contributed by atoms with Crippen molar-refractivity contribution in [3.8, 4) is 0 Å². The molecular formula is C19H32O2. The maximum absolute atomic E-state index is 12.2. The SMILES string of the molecule is CCC1CCCC2C1C1CC2C(CC)(OC(=O)C(C)C)C1. The molecule has 3 aliphatic carbocycles. The second-order valence-electron chi connectivity index (χ2n) is 8.14. The van der Waals surface area contributed by atoms with Gasteiger partial charge in [0.2, 0.25) is 0 Å². The first-order valence-corrected chi connectivity index (χ1v) is 9.25. The molecule has 0 aromatic carbocycles. The van der Waals surface area contributed by atoms with Crippen molar-refractivity contribution >= 4 is 5.97 Å². The van der Waals surface area contributed by atoms with Gasteiger partial charge in [0.05, 0.1) is 5.92 Å². The highest BCUT2D eigenvalue weighted by Crippen LogP contribution is 2.64. The number of hydrogen-bond donors (Lipinski definition) is 0. The first kappa shape index (κ1) is 15.4. The van der Waals surface area contributed by atoms with Gasteiger partial charge in [0, 0.05) is 5.92 Å². The molecule has 3 fully saturated rings. The molecule has 6 atom stereocenters. The van der Waals surface area contributed by atoms with Crippen LogP contribution in [0, 0.1) is 35.5 Å².